The normalized spacial score (nSPS) is 13.3. The minimum absolute atomic E-state index is 0.0111. The molecule has 0 bridgehead atoms. The predicted octanol–water partition coefficient (Wildman–Crippen LogP) is 1.53. The lowest BCUT2D eigenvalue weighted by Crippen LogP contribution is -2.17. The molecule has 0 fully saturated rings. The first-order chi connectivity index (χ1) is 11.3. The van der Waals surface area contributed by atoms with Crippen LogP contribution >= 0.6 is 0 Å². The maximum absolute atomic E-state index is 11.8. The van der Waals surface area contributed by atoms with Crippen LogP contribution in [0.2, 0.25) is 0 Å². The average molecular weight is 410 g/mol. The lowest BCUT2D eigenvalue weighted by atomic mass is 10.0. The average Bonchev–Trinajstić information content (AvgIpc) is 2.43. The van der Waals surface area contributed by atoms with Gasteiger partial charge in [-0.3, -0.25) is 13.7 Å². The van der Waals surface area contributed by atoms with Crippen molar-refractivity contribution in [2.24, 2.45) is 0 Å². The Bertz CT molecular complexity index is 1160. The van der Waals surface area contributed by atoms with Crippen LogP contribution in [0.25, 0.3) is 10.8 Å². The van der Waals surface area contributed by atoms with E-state index in [0.717, 1.165) is 6.07 Å². The van der Waals surface area contributed by atoms with E-state index in [-0.39, 0.29) is 22.8 Å². The van der Waals surface area contributed by atoms with Crippen molar-refractivity contribution in [3.05, 3.63) is 29.8 Å². The molecule has 0 spiro atoms. The summed E-state index contributed by atoms with van der Waals surface area (Å²) in [6, 6.07) is 5.25. The zero-order chi connectivity index (χ0) is 19.2. The van der Waals surface area contributed by atoms with Crippen LogP contribution in [0.1, 0.15) is 18.9 Å². The van der Waals surface area contributed by atoms with Gasteiger partial charge in [0.2, 0.25) is 0 Å². The van der Waals surface area contributed by atoms with Gasteiger partial charge >= 0.3 is 0 Å². The summed E-state index contributed by atoms with van der Waals surface area (Å²) in [5.41, 5.74) is -0.180. The third-order valence-electron chi connectivity index (χ3n) is 3.46. The molecular weight excluding hydrogens is 396 g/mol. The fourth-order valence-corrected chi connectivity index (χ4v) is 6.37. The molecule has 0 atom stereocenters. The highest BCUT2D eigenvalue weighted by molar-refractivity contribution is 7.90. The molecule has 0 aliphatic heterocycles. The first-order valence-electron chi connectivity index (χ1n) is 6.80. The zero-order valence-electron chi connectivity index (χ0n) is 12.7. The van der Waals surface area contributed by atoms with Crippen LogP contribution in [0, 0.1) is 0 Å². The molecule has 3 N–H and O–H groups in total. The van der Waals surface area contributed by atoms with E-state index in [2.05, 4.69) is 0 Å². The highest BCUT2D eigenvalue weighted by Crippen LogP contribution is 2.39. The first-order valence-corrected chi connectivity index (χ1v) is 11.1. The predicted molar refractivity (Wildman–Crippen MR) is 87.4 cm³/mol. The SMILES string of the molecule is CCCc1c(S(=O)(=O)O)c(S(=O)(=O)O)c(S(=O)(=O)O)c2ccccc12. The Hall–Kier alpha value is -1.57. The second kappa shape index (κ2) is 6.30. The van der Waals surface area contributed by atoms with Gasteiger partial charge in [0.1, 0.15) is 14.7 Å². The molecule has 0 aliphatic carbocycles. The lowest BCUT2D eigenvalue weighted by Gasteiger charge is -2.17. The minimum atomic E-state index is -5.44. The van der Waals surface area contributed by atoms with Gasteiger partial charge in [-0.1, -0.05) is 37.6 Å². The summed E-state index contributed by atoms with van der Waals surface area (Å²) >= 11 is 0. The molecule has 2 rings (SSSR count). The van der Waals surface area contributed by atoms with Gasteiger partial charge < -0.3 is 0 Å². The van der Waals surface area contributed by atoms with Gasteiger partial charge in [-0.05, 0) is 17.4 Å². The van der Waals surface area contributed by atoms with E-state index in [1.807, 2.05) is 0 Å². The third kappa shape index (κ3) is 3.68. The van der Waals surface area contributed by atoms with Crippen molar-refractivity contribution in [3.63, 3.8) is 0 Å². The number of hydrogen-bond donors (Lipinski definition) is 3. The molecule has 138 valence electrons. The maximum Gasteiger partial charge on any atom is 0.297 e. The van der Waals surface area contributed by atoms with Crippen molar-refractivity contribution in [2.45, 2.75) is 34.5 Å². The third-order valence-corrected chi connectivity index (χ3v) is 6.55. The van der Waals surface area contributed by atoms with Crippen LogP contribution in [0.15, 0.2) is 39.0 Å². The van der Waals surface area contributed by atoms with Gasteiger partial charge in [0, 0.05) is 5.39 Å². The Morgan fingerprint density at radius 2 is 1.16 bits per heavy atom. The molecule has 25 heavy (non-hydrogen) atoms. The monoisotopic (exact) mass is 410 g/mol. The number of hydrogen-bond acceptors (Lipinski definition) is 6. The van der Waals surface area contributed by atoms with Crippen molar-refractivity contribution < 1.29 is 38.9 Å². The van der Waals surface area contributed by atoms with Crippen molar-refractivity contribution in [2.75, 3.05) is 0 Å². The Morgan fingerprint density at radius 1 is 0.720 bits per heavy atom. The zero-order valence-corrected chi connectivity index (χ0v) is 15.2. The number of fused-ring (bicyclic) bond motifs is 1. The standard InChI is InChI=1S/C13H14O9S3/c1-2-5-9-8-6-3-4-7-10(8)12(24(17,18)19)13(25(20,21)22)11(9)23(14,15)16/h3-4,6-7H,2,5H2,1H3,(H,14,15,16)(H,17,18,19)(H,20,21,22). The molecule has 2 aromatic rings. The van der Waals surface area contributed by atoms with Crippen molar-refractivity contribution in [3.8, 4) is 0 Å². The second-order valence-corrected chi connectivity index (χ2v) is 9.26. The van der Waals surface area contributed by atoms with Crippen LogP contribution in [0.5, 0.6) is 0 Å². The highest BCUT2D eigenvalue weighted by Gasteiger charge is 2.37. The van der Waals surface area contributed by atoms with E-state index in [1.165, 1.54) is 18.2 Å². The van der Waals surface area contributed by atoms with Gasteiger partial charge in [-0.2, -0.15) is 25.3 Å². The largest absolute Gasteiger partial charge is 0.297 e. The quantitative estimate of drug-likeness (QED) is 0.620. The Kier molecular flexibility index (Phi) is 4.98. The smallest absolute Gasteiger partial charge is 0.282 e. The van der Waals surface area contributed by atoms with Gasteiger partial charge in [-0.15, -0.1) is 0 Å². The summed E-state index contributed by atoms with van der Waals surface area (Å²) in [5, 5.41) is -0.287. The number of aryl methyl sites for hydroxylation is 1. The summed E-state index contributed by atoms with van der Waals surface area (Å²) in [5.74, 6) is 0. The molecule has 0 unspecified atom stereocenters. The Morgan fingerprint density at radius 3 is 1.56 bits per heavy atom. The molecule has 12 heteroatoms. The van der Waals surface area contributed by atoms with Crippen LogP contribution in [0.3, 0.4) is 0 Å². The fourth-order valence-electron chi connectivity index (χ4n) is 2.69. The van der Waals surface area contributed by atoms with Crippen LogP contribution in [-0.2, 0) is 36.8 Å². The van der Waals surface area contributed by atoms with Gasteiger partial charge in [0.15, 0.2) is 0 Å². The van der Waals surface area contributed by atoms with Crippen LogP contribution < -0.4 is 0 Å². The van der Waals surface area contributed by atoms with Gasteiger partial charge in [0.25, 0.3) is 30.4 Å². The highest BCUT2D eigenvalue weighted by atomic mass is 32.2. The minimum Gasteiger partial charge on any atom is -0.282 e. The molecule has 0 radical (unpaired) electrons. The van der Waals surface area contributed by atoms with E-state index in [1.54, 1.807) is 6.92 Å². The van der Waals surface area contributed by atoms with Gasteiger partial charge in [-0.25, -0.2) is 0 Å². The molecular formula is C13H14O9S3. The number of rotatable bonds is 5. The molecule has 9 nitrogen and oxygen atoms in total. The van der Waals surface area contributed by atoms with Crippen molar-refractivity contribution in [1.82, 2.24) is 0 Å². The lowest BCUT2D eigenvalue weighted by molar-refractivity contribution is 0.456. The second-order valence-electron chi connectivity index (χ2n) is 5.19. The molecule has 0 aliphatic rings. The molecule has 0 heterocycles. The fraction of sp³-hybridized carbons (Fsp3) is 0.231. The van der Waals surface area contributed by atoms with E-state index in [9.17, 15) is 38.9 Å². The summed E-state index contributed by atoms with van der Waals surface area (Å²) < 4.78 is 99.1. The maximum atomic E-state index is 11.8. The van der Waals surface area contributed by atoms with E-state index < -0.39 is 45.0 Å². The van der Waals surface area contributed by atoms with Gasteiger partial charge in [0.05, 0.1) is 0 Å². The first kappa shape index (κ1) is 19.8. The van der Waals surface area contributed by atoms with Crippen molar-refractivity contribution in [1.29, 1.82) is 0 Å². The van der Waals surface area contributed by atoms with Crippen LogP contribution in [-0.4, -0.2) is 38.9 Å². The molecule has 0 amide bonds. The Balaban J connectivity index is 3.41. The number of benzene rings is 2. The summed E-state index contributed by atoms with van der Waals surface area (Å²) in [7, 11) is -16.0. The summed E-state index contributed by atoms with van der Waals surface area (Å²) in [4.78, 5) is -4.14. The summed E-state index contributed by atoms with van der Waals surface area (Å²) in [6.45, 7) is 1.65. The van der Waals surface area contributed by atoms with Crippen molar-refractivity contribution >= 4 is 41.1 Å². The molecule has 0 aromatic heterocycles. The van der Waals surface area contributed by atoms with E-state index >= 15 is 0 Å². The Labute approximate surface area is 144 Å². The molecule has 2 aromatic carbocycles. The van der Waals surface area contributed by atoms with Crippen LogP contribution in [0.4, 0.5) is 0 Å². The molecule has 0 saturated carbocycles. The summed E-state index contributed by atoms with van der Waals surface area (Å²) in [6.07, 6.45) is 0.284. The topological polar surface area (TPSA) is 163 Å². The molecule has 0 saturated heterocycles. The van der Waals surface area contributed by atoms with E-state index in [0.29, 0.717) is 6.42 Å². The van der Waals surface area contributed by atoms with E-state index in [4.69, 9.17) is 0 Å².